The van der Waals surface area contributed by atoms with Crippen molar-refractivity contribution in [3.05, 3.63) is 42.5 Å². The van der Waals surface area contributed by atoms with Crippen molar-refractivity contribution in [1.29, 1.82) is 0 Å². The van der Waals surface area contributed by atoms with Gasteiger partial charge in [0.1, 0.15) is 0 Å². The number of carbonyl (C=O) groups is 1. The number of anilines is 1. The molecule has 1 aliphatic rings. The number of hydrogen-bond acceptors (Lipinski definition) is 1. The molecule has 2 nitrogen and oxygen atoms in total. The molecule has 0 spiro atoms. The van der Waals surface area contributed by atoms with Gasteiger partial charge in [-0.1, -0.05) is 46.3 Å². The molecule has 1 atom stereocenters. The Morgan fingerprint density at radius 1 is 1.12 bits per heavy atom. The molecule has 3 heteroatoms. The standard InChI is InChI=1S/C14H12BrNO/c15-13-7-8-16(14(13)17)12-6-5-10-3-1-2-4-11(10)9-12/h1-6,9,13H,7-8H2. The average Bonchev–Trinajstić information content (AvgIpc) is 2.70. The van der Waals surface area contributed by atoms with Gasteiger partial charge in [-0.25, -0.2) is 0 Å². The zero-order chi connectivity index (χ0) is 11.8. The summed E-state index contributed by atoms with van der Waals surface area (Å²) in [4.78, 5) is 13.8. The Bertz CT molecular complexity index is 581. The van der Waals surface area contributed by atoms with Crippen LogP contribution in [0, 0.1) is 0 Å². The largest absolute Gasteiger partial charge is 0.311 e. The molecule has 3 rings (SSSR count). The highest BCUT2D eigenvalue weighted by Crippen LogP contribution is 2.28. The summed E-state index contributed by atoms with van der Waals surface area (Å²) in [6.45, 7) is 0.799. The second kappa shape index (κ2) is 4.15. The van der Waals surface area contributed by atoms with Crippen molar-refractivity contribution in [2.45, 2.75) is 11.2 Å². The third-order valence-corrected chi connectivity index (χ3v) is 4.03. The van der Waals surface area contributed by atoms with Crippen LogP contribution in [-0.2, 0) is 4.79 Å². The lowest BCUT2D eigenvalue weighted by atomic mass is 10.1. The van der Waals surface area contributed by atoms with Crippen molar-refractivity contribution in [2.24, 2.45) is 0 Å². The second-order valence-corrected chi connectivity index (χ2v) is 5.38. The quantitative estimate of drug-likeness (QED) is 0.738. The van der Waals surface area contributed by atoms with Gasteiger partial charge in [0.25, 0.3) is 0 Å². The van der Waals surface area contributed by atoms with Crippen molar-refractivity contribution in [3.8, 4) is 0 Å². The third-order valence-electron chi connectivity index (χ3n) is 3.18. The number of fused-ring (bicyclic) bond motifs is 1. The van der Waals surface area contributed by atoms with E-state index in [0.717, 1.165) is 18.7 Å². The Labute approximate surface area is 108 Å². The van der Waals surface area contributed by atoms with Crippen LogP contribution < -0.4 is 4.90 Å². The molecule has 1 aliphatic heterocycles. The van der Waals surface area contributed by atoms with Crippen molar-refractivity contribution >= 4 is 38.3 Å². The molecule has 1 saturated heterocycles. The maximum Gasteiger partial charge on any atom is 0.240 e. The van der Waals surface area contributed by atoms with Gasteiger partial charge < -0.3 is 4.90 Å². The Kier molecular flexibility index (Phi) is 2.63. The van der Waals surface area contributed by atoms with Crippen LogP contribution in [0.2, 0.25) is 0 Å². The maximum absolute atomic E-state index is 11.9. The number of halogens is 1. The minimum absolute atomic E-state index is 0.0195. The number of hydrogen-bond donors (Lipinski definition) is 0. The average molecular weight is 290 g/mol. The summed E-state index contributed by atoms with van der Waals surface area (Å²) in [6.07, 6.45) is 0.881. The van der Waals surface area contributed by atoms with E-state index >= 15 is 0 Å². The first kappa shape index (κ1) is 10.8. The number of nitrogens with zero attached hydrogens (tertiary/aromatic N) is 1. The number of alkyl halides is 1. The van der Waals surface area contributed by atoms with E-state index in [1.165, 1.54) is 10.8 Å². The lowest BCUT2D eigenvalue weighted by Gasteiger charge is -2.16. The highest BCUT2D eigenvalue weighted by atomic mass is 79.9. The first-order chi connectivity index (χ1) is 8.25. The van der Waals surface area contributed by atoms with Crippen molar-refractivity contribution in [2.75, 3.05) is 11.4 Å². The fraction of sp³-hybridized carbons (Fsp3) is 0.214. The van der Waals surface area contributed by atoms with Gasteiger partial charge in [0.15, 0.2) is 0 Å². The van der Waals surface area contributed by atoms with Crippen LogP contribution in [0.4, 0.5) is 5.69 Å². The zero-order valence-electron chi connectivity index (χ0n) is 9.27. The summed E-state index contributed by atoms with van der Waals surface area (Å²) in [5.41, 5.74) is 0.996. The van der Waals surface area contributed by atoms with Gasteiger partial charge in [-0.15, -0.1) is 0 Å². The summed E-state index contributed by atoms with van der Waals surface area (Å²) >= 11 is 3.40. The molecular formula is C14H12BrNO. The lowest BCUT2D eigenvalue weighted by molar-refractivity contribution is -0.116. The first-order valence-corrected chi connectivity index (χ1v) is 6.61. The van der Waals surface area contributed by atoms with Crippen molar-refractivity contribution < 1.29 is 4.79 Å². The Morgan fingerprint density at radius 3 is 2.59 bits per heavy atom. The molecule has 1 heterocycles. The second-order valence-electron chi connectivity index (χ2n) is 4.28. The van der Waals surface area contributed by atoms with Gasteiger partial charge in [0.05, 0.1) is 4.83 Å². The molecule has 1 unspecified atom stereocenters. The fourth-order valence-corrected chi connectivity index (χ4v) is 2.70. The molecule has 0 saturated carbocycles. The SMILES string of the molecule is O=C1C(Br)CCN1c1ccc2ccccc2c1. The van der Waals surface area contributed by atoms with Gasteiger partial charge in [-0.2, -0.15) is 0 Å². The van der Waals surface area contributed by atoms with Gasteiger partial charge >= 0.3 is 0 Å². The van der Waals surface area contributed by atoms with E-state index in [1.54, 1.807) is 0 Å². The minimum Gasteiger partial charge on any atom is -0.311 e. The molecule has 2 aromatic carbocycles. The van der Waals surface area contributed by atoms with Gasteiger partial charge in [-0.05, 0) is 29.3 Å². The summed E-state index contributed by atoms with van der Waals surface area (Å²) in [5, 5.41) is 2.38. The predicted octanol–water partition coefficient (Wildman–Crippen LogP) is 3.34. The Morgan fingerprint density at radius 2 is 1.88 bits per heavy atom. The van der Waals surface area contributed by atoms with Crippen molar-refractivity contribution in [1.82, 2.24) is 0 Å². The number of rotatable bonds is 1. The normalized spacial score (nSPS) is 20.2. The maximum atomic E-state index is 11.9. The number of benzene rings is 2. The highest BCUT2D eigenvalue weighted by Gasteiger charge is 2.30. The van der Waals surface area contributed by atoms with Crippen LogP contribution in [0.1, 0.15) is 6.42 Å². The van der Waals surface area contributed by atoms with Crippen molar-refractivity contribution in [3.63, 3.8) is 0 Å². The Hall–Kier alpha value is -1.35. The minimum atomic E-state index is -0.0195. The smallest absolute Gasteiger partial charge is 0.240 e. The summed E-state index contributed by atoms with van der Waals surface area (Å²) in [5.74, 6) is 0.167. The lowest BCUT2D eigenvalue weighted by Crippen LogP contribution is -2.26. The van der Waals surface area contributed by atoms with Gasteiger partial charge in [0, 0.05) is 12.2 Å². The van der Waals surface area contributed by atoms with Crippen LogP contribution in [0.5, 0.6) is 0 Å². The number of amides is 1. The molecule has 0 aliphatic carbocycles. The van der Waals surface area contributed by atoms with Crippen LogP contribution in [0.15, 0.2) is 42.5 Å². The molecule has 0 radical (unpaired) electrons. The molecule has 86 valence electrons. The Balaban J connectivity index is 2.04. The van der Waals surface area contributed by atoms with E-state index < -0.39 is 0 Å². The molecule has 1 amide bonds. The van der Waals surface area contributed by atoms with E-state index in [9.17, 15) is 4.79 Å². The fourth-order valence-electron chi connectivity index (χ4n) is 2.25. The monoisotopic (exact) mass is 289 g/mol. The van der Waals surface area contributed by atoms with Crippen LogP contribution >= 0.6 is 15.9 Å². The molecule has 1 fully saturated rings. The molecule has 0 aromatic heterocycles. The number of carbonyl (C=O) groups excluding carboxylic acids is 1. The van der Waals surface area contributed by atoms with Crippen LogP contribution in [0.25, 0.3) is 10.8 Å². The molecule has 0 bridgehead atoms. The first-order valence-electron chi connectivity index (χ1n) is 5.70. The van der Waals surface area contributed by atoms with Crippen LogP contribution in [-0.4, -0.2) is 17.3 Å². The van der Waals surface area contributed by atoms with Gasteiger partial charge in [0.2, 0.25) is 5.91 Å². The van der Waals surface area contributed by atoms with E-state index in [0.29, 0.717) is 0 Å². The predicted molar refractivity (Wildman–Crippen MR) is 73.6 cm³/mol. The van der Waals surface area contributed by atoms with E-state index in [4.69, 9.17) is 0 Å². The topological polar surface area (TPSA) is 20.3 Å². The zero-order valence-corrected chi connectivity index (χ0v) is 10.9. The molecular weight excluding hydrogens is 278 g/mol. The van der Waals surface area contributed by atoms with E-state index in [-0.39, 0.29) is 10.7 Å². The van der Waals surface area contributed by atoms with Crippen LogP contribution in [0.3, 0.4) is 0 Å². The van der Waals surface area contributed by atoms with Gasteiger partial charge in [-0.3, -0.25) is 4.79 Å². The molecule has 2 aromatic rings. The highest BCUT2D eigenvalue weighted by molar-refractivity contribution is 9.10. The van der Waals surface area contributed by atoms with E-state index in [1.807, 2.05) is 23.1 Å². The van der Waals surface area contributed by atoms with E-state index in [2.05, 4.69) is 40.2 Å². The summed E-state index contributed by atoms with van der Waals surface area (Å²) in [7, 11) is 0. The molecule has 17 heavy (non-hydrogen) atoms. The molecule has 0 N–H and O–H groups in total. The third kappa shape index (κ3) is 1.84. The summed E-state index contributed by atoms with van der Waals surface area (Å²) < 4.78 is 0. The summed E-state index contributed by atoms with van der Waals surface area (Å²) in [6, 6.07) is 14.4.